The lowest BCUT2D eigenvalue weighted by Crippen LogP contribution is -2.48. The molecular formula is C19H27N5O3S. The van der Waals surface area contributed by atoms with E-state index in [1.807, 2.05) is 13.8 Å². The Morgan fingerprint density at radius 1 is 1.25 bits per heavy atom. The number of aromatic amines is 1. The van der Waals surface area contributed by atoms with Crippen molar-refractivity contribution in [2.45, 2.75) is 20.3 Å². The normalized spacial score (nSPS) is 14.6. The molecule has 1 aliphatic rings. The Bertz CT molecular complexity index is 756. The minimum absolute atomic E-state index is 0.0354. The molecule has 0 bridgehead atoms. The van der Waals surface area contributed by atoms with Crippen LogP contribution in [0.3, 0.4) is 0 Å². The average molecular weight is 406 g/mol. The van der Waals surface area contributed by atoms with Gasteiger partial charge in [-0.2, -0.15) is 0 Å². The van der Waals surface area contributed by atoms with Crippen LogP contribution in [-0.4, -0.2) is 68.2 Å². The summed E-state index contributed by atoms with van der Waals surface area (Å²) in [6.45, 7) is 6.15. The number of imidazole rings is 1. The van der Waals surface area contributed by atoms with Crippen molar-refractivity contribution in [1.29, 1.82) is 0 Å². The number of piperazine rings is 1. The summed E-state index contributed by atoms with van der Waals surface area (Å²) in [6, 6.07) is 7.00. The highest BCUT2D eigenvalue weighted by molar-refractivity contribution is 7.86. The zero-order chi connectivity index (χ0) is 20.4. The average Bonchev–Trinajstić information content (AvgIpc) is 3.20. The summed E-state index contributed by atoms with van der Waals surface area (Å²) < 4.78 is 14.5. The Balaban J connectivity index is 0.000000397. The van der Waals surface area contributed by atoms with Gasteiger partial charge >= 0.3 is 0 Å². The van der Waals surface area contributed by atoms with Gasteiger partial charge in [0, 0.05) is 55.6 Å². The van der Waals surface area contributed by atoms with E-state index in [9.17, 15) is 13.8 Å². The number of hydrogen-bond acceptors (Lipinski definition) is 4. The molecule has 2 aromatic rings. The predicted molar refractivity (Wildman–Crippen MR) is 110 cm³/mol. The Kier molecular flexibility index (Phi) is 8.67. The van der Waals surface area contributed by atoms with Crippen LogP contribution in [0, 0.1) is 6.92 Å². The molecule has 0 aliphatic carbocycles. The van der Waals surface area contributed by atoms with E-state index in [1.165, 1.54) is 0 Å². The summed E-state index contributed by atoms with van der Waals surface area (Å²) in [5.41, 5.74) is 1.35. The topological polar surface area (TPSA) is 98.4 Å². The molecule has 2 amide bonds. The smallest absolute Gasteiger partial charge is 0.253 e. The zero-order valence-corrected chi connectivity index (χ0v) is 17.1. The molecule has 1 aliphatic heterocycles. The van der Waals surface area contributed by atoms with Gasteiger partial charge in [0.05, 0.1) is 0 Å². The quantitative estimate of drug-likeness (QED) is 0.716. The predicted octanol–water partition coefficient (Wildman–Crippen LogP) is 1.80. The Morgan fingerprint density at radius 2 is 1.93 bits per heavy atom. The molecule has 28 heavy (non-hydrogen) atoms. The van der Waals surface area contributed by atoms with Crippen molar-refractivity contribution in [2.24, 2.45) is 0 Å². The summed E-state index contributed by atoms with van der Waals surface area (Å²) in [4.78, 5) is 33.2. The third-order valence-electron chi connectivity index (χ3n) is 4.14. The second kappa shape index (κ2) is 11.2. The van der Waals surface area contributed by atoms with Crippen LogP contribution in [0.25, 0.3) is 0 Å². The van der Waals surface area contributed by atoms with Gasteiger partial charge in [0.1, 0.15) is 16.8 Å². The first-order valence-corrected chi connectivity index (χ1v) is 10.5. The van der Waals surface area contributed by atoms with Crippen molar-refractivity contribution in [3.8, 4) is 0 Å². The van der Waals surface area contributed by atoms with Crippen molar-refractivity contribution >= 4 is 29.0 Å². The maximum atomic E-state index is 12.4. The molecule has 3 rings (SSSR count). The van der Waals surface area contributed by atoms with Gasteiger partial charge < -0.3 is 19.5 Å². The number of nitrogens with one attached hydrogen (secondary N) is 2. The summed E-state index contributed by atoms with van der Waals surface area (Å²) >= 11 is 0. The maximum Gasteiger partial charge on any atom is 0.253 e. The lowest BCUT2D eigenvalue weighted by Gasteiger charge is -2.32. The summed E-state index contributed by atoms with van der Waals surface area (Å²) in [5.74, 6) is 1.53. The first kappa shape index (κ1) is 21.6. The molecule has 1 aromatic heterocycles. The highest BCUT2D eigenvalue weighted by Gasteiger charge is 2.21. The van der Waals surface area contributed by atoms with Gasteiger partial charge in [-0.3, -0.25) is 9.59 Å². The molecule has 2 N–H and O–H groups in total. The number of aryl methyl sites for hydroxylation is 1. The number of rotatable bonds is 6. The van der Waals surface area contributed by atoms with Crippen LogP contribution in [0.1, 0.15) is 29.5 Å². The highest BCUT2D eigenvalue weighted by atomic mass is 32.2. The number of nitrogens with zero attached hydrogens (tertiary/aromatic N) is 3. The monoisotopic (exact) mass is 405 g/mol. The Labute approximate surface area is 167 Å². The van der Waals surface area contributed by atoms with Crippen molar-refractivity contribution in [2.75, 3.05) is 36.7 Å². The van der Waals surface area contributed by atoms with Gasteiger partial charge in [0.2, 0.25) is 6.41 Å². The van der Waals surface area contributed by atoms with E-state index in [1.54, 1.807) is 46.5 Å². The number of benzene rings is 1. The Morgan fingerprint density at radius 3 is 2.39 bits per heavy atom. The van der Waals surface area contributed by atoms with Crippen LogP contribution in [0.2, 0.25) is 0 Å². The van der Waals surface area contributed by atoms with Crippen LogP contribution >= 0.6 is 0 Å². The summed E-state index contributed by atoms with van der Waals surface area (Å²) in [6.07, 6.45) is 5.20. The van der Waals surface area contributed by atoms with Gasteiger partial charge in [-0.1, -0.05) is 6.92 Å². The van der Waals surface area contributed by atoms with E-state index in [-0.39, 0.29) is 5.91 Å². The number of amides is 2. The molecule has 2 heterocycles. The maximum absolute atomic E-state index is 12.4. The fraction of sp³-hybridized carbons (Fsp3) is 0.421. The lowest BCUT2D eigenvalue weighted by molar-refractivity contribution is -0.119. The van der Waals surface area contributed by atoms with Crippen molar-refractivity contribution in [1.82, 2.24) is 19.8 Å². The molecule has 1 atom stereocenters. The molecule has 152 valence electrons. The van der Waals surface area contributed by atoms with Crippen molar-refractivity contribution in [3.63, 3.8) is 0 Å². The molecule has 1 fully saturated rings. The first-order valence-electron chi connectivity index (χ1n) is 9.23. The van der Waals surface area contributed by atoms with E-state index in [0.717, 1.165) is 24.3 Å². The van der Waals surface area contributed by atoms with E-state index >= 15 is 0 Å². The van der Waals surface area contributed by atoms with Crippen LogP contribution in [-0.2, 0) is 15.8 Å². The molecule has 1 aromatic carbocycles. The van der Waals surface area contributed by atoms with Crippen LogP contribution < -0.4 is 4.72 Å². The lowest BCUT2D eigenvalue weighted by atomic mass is 10.1. The van der Waals surface area contributed by atoms with E-state index < -0.39 is 11.0 Å². The standard InChI is InChI=1S/C15H21N3O3S.C4H6N2/c1-2-11-22(21)16-14-5-3-13(4-6-14)15(20)18-9-7-17(12-19)8-10-18;1-4-5-2-3-6-4/h3-6,12,16H,2,7-11H2,1H3;2-3H,1H3,(H,5,6). The fourth-order valence-electron chi connectivity index (χ4n) is 2.61. The molecule has 8 nitrogen and oxygen atoms in total. The molecule has 1 saturated heterocycles. The molecule has 0 spiro atoms. The first-order chi connectivity index (χ1) is 13.5. The van der Waals surface area contributed by atoms with Gasteiger partial charge in [0.25, 0.3) is 5.91 Å². The van der Waals surface area contributed by atoms with Gasteiger partial charge in [0.15, 0.2) is 0 Å². The van der Waals surface area contributed by atoms with E-state index in [0.29, 0.717) is 37.5 Å². The third kappa shape index (κ3) is 6.80. The zero-order valence-electron chi connectivity index (χ0n) is 16.3. The highest BCUT2D eigenvalue weighted by Crippen LogP contribution is 2.13. The van der Waals surface area contributed by atoms with Crippen LogP contribution in [0.15, 0.2) is 36.7 Å². The summed E-state index contributed by atoms with van der Waals surface area (Å²) in [5, 5.41) is 0. The summed E-state index contributed by atoms with van der Waals surface area (Å²) in [7, 11) is -1.08. The molecular weight excluding hydrogens is 378 g/mol. The largest absolute Gasteiger partial charge is 0.349 e. The van der Waals surface area contributed by atoms with E-state index in [4.69, 9.17) is 0 Å². The van der Waals surface area contributed by atoms with E-state index in [2.05, 4.69) is 14.7 Å². The van der Waals surface area contributed by atoms with Crippen molar-refractivity contribution < 1.29 is 13.8 Å². The number of anilines is 1. The molecule has 1 unspecified atom stereocenters. The third-order valence-corrected chi connectivity index (χ3v) is 5.38. The number of carbonyl (C=O) groups is 2. The SMILES string of the molecule is CCCS(=O)Nc1ccc(C(=O)N2CCN(C=O)CC2)cc1.Cc1ncc[nH]1. The number of hydrogen-bond donors (Lipinski definition) is 2. The van der Waals surface area contributed by atoms with Crippen molar-refractivity contribution in [3.05, 3.63) is 48.0 Å². The number of carbonyl (C=O) groups excluding carboxylic acids is 2. The Hall–Kier alpha value is -2.68. The van der Waals surface area contributed by atoms with Gasteiger partial charge in [-0.25, -0.2) is 9.19 Å². The second-order valence-electron chi connectivity index (χ2n) is 6.34. The van der Waals surface area contributed by atoms with Gasteiger partial charge in [-0.15, -0.1) is 0 Å². The van der Waals surface area contributed by atoms with Gasteiger partial charge in [-0.05, 0) is 37.6 Å². The molecule has 0 saturated carbocycles. The minimum atomic E-state index is -1.08. The molecule has 9 heteroatoms. The molecule has 0 radical (unpaired) electrons. The van der Waals surface area contributed by atoms with Crippen LogP contribution in [0.5, 0.6) is 0 Å². The number of H-pyrrole nitrogens is 1. The van der Waals surface area contributed by atoms with Crippen LogP contribution in [0.4, 0.5) is 5.69 Å². The fourth-order valence-corrected chi connectivity index (χ4v) is 3.48. The second-order valence-corrected chi connectivity index (χ2v) is 7.64. The number of aromatic nitrogens is 2. The minimum Gasteiger partial charge on any atom is -0.349 e.